The van der Waals surface area contributed by atoms with Gasteiger partial charge < -0.3 is 15.0 Å². The first-order chi connectivity index (χ1) is 7.09. The van der Waals surface area contributed by atoms with Crippen molar-refractivity contribution in [2.45, 2.75) is 19.8 Å². The van der Waals surface area contributed by atoms with Crippen molar-refractivity contribution in [1.82, 2.24) is 0 Å². The zero-order valence-electron chi connectivity index (χ0n) is 8.56. The summed E-state index contributed by atoms with van der Waals surface area (Å²) in [5, 5.41) is 19.6. The Kier molecular flexibility index (Phi) is 3.92. The van der Waals surface area contributed by atoms with Gasteiger partial charge in [-0.15, -0.1) is 0 Å². The molecule has 0 aliphatic heterocycles. The SMILES string of the molecule is C/C(=C\CCc1cccc(O)c1)C(=O)[O-]. The number of carbonyl (C=O) groups excluding carboxylic acids is 1. The van der Waals surface area contributed by atoms with Crippen LogP contribution in [0.15, 0.2) is 35.9 Å². The van der Waals surface area contributed by atoms with E-state index in [1.807, 2.05) is 6.07 Å². The lowest BCUT2D eigenvalue weighted by atomic mass is 10.1. The first kappa shape index (κ1) is 11.3. The van der Waals surface area contributed by atoms with E-state index >= 15 is 0 Å². The van der Waals surface area contributed by atoms with Crippen LogP contribution in [0.3, 0.4) is 0 Å². The summed E-state index contributed by atoms with van der Waals surface area (Å²) in [6, 6.07) is 6.93. The molecule has 15 heavy (non-hydrogen) atoms. The van der Waals surface area contributed by atoms with Crippen LogP contribution in [0.4, 0.5) is 0 Å². The van der Waals surface area contributed by atoms with Crippen molar-refractivity contribution in [3.63, 3.8) is 0 Å². The fourth-order valence-electron chi connectivity index (χ4n) is 1.25. The highest BCUT2D eigenvalue weighted by atomic mass is 16.4. The van der Waals surface area contributed by atoms with E-state index in [1.54, 1.807) is 24.3 Å². The molecule has 0 aliphatic rings. The largest absolute Gasteiger partial charge is 0.545 e. The molecule has 0 fully saturated rings. The summed E-state index contributed by atoms with van der Waals surface area (Å²) in [6.07, 6.45) is 2.96. The second-order valence-electron chi connectivity index (χ2n) is 3.38. The minimum absolute atomic E-state index is 0.230. The number of phenolic OH excluding ortho intramolecular Hbond substituents is 1. The van der Waals surface area contributed by atoms with Crippen molar-refractivity contribution in [3.8, 4) is 5.75 Å². The first-order valence-corrected chi connectivity index (χ1v) is 4.75. The number of hydrogen-bond acceptors (Lipinski definition) is 3. The second-order valence-corrected chi connectivity index (χ2v) is 3.38. The molecule has 0 spiro atoms. The van der Waals surface area contributed by atoms with Gasteiger partial charge in [0.1, 0.15) is 5.75 Å². The Morgan fingerprint density at radius 3 is 2.87 bits per heavy atom. The van der Waals surface area contributed by atoms with Crippen LogP contribution in [0.1, 0.15) is 18.9 Å². The molecule has 0 radical (unpaired) electrons. The molecule has 0 aromatic heterocycles. The summed E-state index contributed by atoms with van der Waals surface area (Å²) < 4.78 is 0. The molecule has 0 saturated heterocycles. The number of carboxylic acids is 1. The Balaban J connectivity index is 2.51. The standard InChI is InChI=1S/C12H14O3/c1-9(12(14)15)4-2-5-10-6-3-7-11(13)8-10/h3-4,6-8,13H,2,5H2,1H3,(H,14,15)/p-1/b9-4+. The van der Waals surface area contributed by atoms with Gasteiger partial charge in [0.05, 0.1) is 5.97 Å². The molecule has 0 aliphatic carbocycles. The average Bonchev–Trinajstić information content (AvgIpc) is 2.17. The Bertz CT molecular complexity index is 380. The van der Waals surface area contributed by atoms with Crippen LogP contribution in [0, 0.1) is 0 Å². The maximum Gasteiger partial charge on any atom is 0.115 e. The summed E-state index contributed by atoms with van der Waals surface area (Å²) >= 11 is 0. The number of aromatic hydroxyl groups is 1. The Morgan fingerprint density at radius 2 is 2.27 bits per heavy atom. The molecule has 0 atom stereocenters. The minimum Gasteiger partial charge on any atom is -0.545 e. The third-order valence-corrected chi connectivity index (χ3v) is 2.12. The maximum absolute atomic E-state index is 10.4. The van der Waals surface area contributed by atoms with Crippen LogP contribution >= 0.6 is 0 Å². The molecule has 0 heterocycles. The molecule has 3 heteroatoms. The van der Waals surface area contributed by atoms with Crippen molar-refractivity contribution in [2.24, 2.45) is 0 Å². The summed E-state index contributed by atoms with van der Waals surface area (Å²) in [7, 11) is 0. The number of benzene rings is 1. The van der Waals surface area contributed by atoms with Gasteiger partial charge in [-0.25, -0.2) is 0 Å². The Hall–Kier alpha value is -1.77. The van der Waals surface area contributed by atoms with Gasteiger partial charge in [0.2, 0.25) is 0 Å². The lowest BCUT2D eigenvalue weighted by Gasteiger charge is -2.02. The van der Waals surface area contributed by atoms with E-state index in [9.17, 15) is 15.0 Å². The number of phenols is 1. The van der Waals surface area contributed by atoms with Crippen LogP contribution in [0.25, 0.3) is 0 Å². The molecule has 0 saturated carbocycles. The molecule has 1 rings (SSSR count). The summed E-state index contributed by atoms with van der Waals surface area (Å²) in [6.45, 7) is 1.51. The summed E-state index contributed by atoms with van der Waals surface area (Å²) in [5.41, 5.74) is 1.23. The monoisotopic (exact) mass is 205 g/mol. The van der Waals surface area contributed by atoms with Crippen LogP contribution in [0.2, 0.25) is 0 Å². The zero-order chi connectivity index (χ0) is 11.3. The van der Waals surface area contributed by atoms with Crippen LogP contribution < -0.4 is 5.11 Å². The van der Waals surface area contributed by atoms with Gasteiger partial charge in [-0.1, -0.05) is 18.2 Å². The molecular weight excluding hydrogens is 192 g/mol. The number of hydrogen-bond donors (Lipinski definition) is 1. The van der Waals surface area contributed by atoms with E-state index in [-0.39, 0.29) is 11.3 Å². The number of carboxylic acid groups (broad SMARTS) is 1. The van der Waals surface area contributed by atoms with Crippen LogP contribution in [-0.2, 0) is 11.2 Å². The van der Waals surface area contributed by atoms with E-state index in [4.69, 9.17) is 0 Å². The maximum atomic E-state index is 10.4. The van der Waals surface area contributed by atoms with Crippen molar-refractivity contribution >= 4 is 5.97 Å². The molecule has 0 bridgehead atoms. The first-order valence-electron chi connectivity index (χ1n) is 4.75. The Labute approximate surface area is 88.7 Å². The highest BCUT2D eigenvalue weighted by Gasteiger charge is 1.94. The van der Waals surface area contributed by atoms with E-state index < -0.39 is 5.97 Å². The third-order valence-electron chi connectivity index (χ3n) is 2.12. The van der Waals surface area contributed by atoms with E-state index in [0.29, 0.717) is 12.8 Å². The van der Waals surface area contributed by atoms with Crippen LogP contribution in [-0.4, -0.2) is 11.1 Å². The molecule has 80 valence electrons. The number of aliphatic carboxylic acids is 1. The molecule has 0 unspecified atom stereocenters. The van der Waals surface area contributed by atoms with Gasteiger partial charge in [0.15, 0.2) is 0 Å². The number of aryl methyl sites for hydroxylation is 1. The number of carbonyl (C=O) groups is 1. The highest BCUT2D eigenvalue weighted by molar-refractivity contribution is 5.83. The van der Waals surface area contributed by atoms with Gasteiger partial charge in [0.25, 0.3) is 0 Å². The number of rotatable bonds is 4. The third kappa shape index (κ3) is 3.85. The normalized spacial score (nSPS) is 11.4. The Morgan fingerprint density at radius 1 is 1.53 bits per heavy atom. The lowest BCUT2D eigenvalue weighted by Crippen LogP contribution is -2.22. The smallest absolute Gasteiger partial charge is 0.115 e. The topological polar surface area (TPSA) is 60.4 Å². The quantitative estimate of drug-likeness (QED) is 0.746. The molecular formula is C12H13O3-. The average molecular weight is 205 g/mol. The van der Waals surface area contributed by atoms with Crippen molar-refractivity contribution in [1.29, 1.82) is 0 Å². The van der Waals surface area contributed by atoms with Crippen molar-refractivity contribution in [2.75, 3.05) is 0 Å². The molecule has 1 aromatic rings. The minimum atomic E-state index is -1.13. The van der Waals surface area contributed by atoms with Gasteiger partial charge in [-0.3, -0.25) is 0 Å². The highest BCUT2D eigenvalue weighted by Crippen LogP contribution is 2.12. The summed E-state index contributed by atoms with van der Waals surface area (Å²) in [4.78, 5) is 10.4. The second kappa shape index (κ2) is 5.20. The fourth-order valence-corrected chi connectivity index (χ4v) is 1.25. The van der Waals surface area contributed by atoms with Crippen LogP contribution in [0.5, 0.6) is 5.75 Å². The van der Waals surface area contributed by atoms with Gasteiger partial charge in [0, 0.05) is 0 Å². The zero-order valence-corrected chi connectivity index (χ0v) is 8.56. The molecule has 1 aromatic carbocycles. The van der Waals surface area contributed by atoms with E-state index in [2.05, 4.69) is 0 Å². The molecule has 1 N–H and O–H groups in total. The van der Waals surface area contributed by atoms with Gasteiger partial charge >= 0.3 is 0 Å². The van der Waals surface area contributed by atoms with E-state index in [1.165, 1.54) is 6.92 Å². The van der Waals surface area contributed by atoms with Gasteiger partial charge in [-0.05, 0) is 43.0 Å². The molecule has 3 nitrogen and oxygen atoms in total. The lowest BCUT2D eigenvalue weighted by molar-refractivity contribution is -0.299. The predicted octanol–water partition coefficient (Wildman–Crippen LogP) is 1.02. The summed E-state index contributed by atoms with van der Waals surface area (Å²) in [5.74, 6) is -0.904. The van der Waals surface area contributed by atoms with Crippen molar-refractivity contribution < 1.29 is 15.0 Å². The van der Waals surface area contributed by atoms with Gasteiger partial charge in [-0.2, -0.15) is 0 Å². The van der Waals surface area contributed by atoms with E-state index in [0.717, 1.165) is 5.56 Å². The van der Waals surface area contributed by atoms with Crippen molar-refractivity contribution in [3.05, 3.63) is 41.5 Å². The molecule has 0 amide bonds. The predicted molar refractivity (Wildman–Crippen MR) is 55.2 cm³/mol. The fraction of sp³-hybridized carbons (Fsp3) is 0.250. The number of allylic oxidation sites excluding steroid dienone is 1.